The molecule has 18 heavy (non-hydrogen) atoms. The standard InChI is InChI=1S/C14H26O3S/c1-10(2)12-5-6-14(15)13(9-12)7-8-18(16,17)11(3)4/h10-13H,5-9H2,1-4H3. The van der Waals surface area contributed by atoms with Crippen LogP contribution in [0, 0.1) is 17.8 Å². The van der Waals surface area contributed by atoms with Crippen molar-refractivity contribution in [2.45, 2.75) is 58.6 Å². The summed E-state index contributed by atoms with van der Waals surface area (Å²) < 4.78 is 23.6. The van der Waals surface area contributed by atoms with Crippen molar-refractivity contribution in [2.75, 3.05) is 5.75 Å². The lowest BCUT2D eigenvalue weighted by Crippen LogP contribution is -2.30. The van der Waals surface area contributed by atoms with Crippen molar-refractivity contribution >= 4 is 15.6 Å². The molecule has 0 saturated heterocycles. The van der Waals surface area contributed by atoms with E-state index in [9.17, 15) is 13.2 Å². The maximum absolute atomic E-state index is 11.9. The topological polar surface area (TPSA) is 51.2 Å². The molecule has 1 fully saturated rings. The highest BCUT2D eigenvalue weighted by molar-refractivity contribution is 7.91. The molecule has 1 aliphatic rings. The molecule has 0 aromatic rings. The Kier molecular flexibility index (Phi) is 5.38. The SMILES string of the molecule is CC(C)C1CCC(=O)C(CCS(=O)(=O)C(C)C)C1. The fourth-order valence-electron chi connectivity index (χ4n) is 2.57. The van der Waals surface area contributed by atoms with Crippen LogP contribution in [0.15, 0.2) is 0 Å². The number of sulfone groups is 1. The Labute approximate surface area is 111 Å². The summed E-state index contributed by atoms with van der Waals surface area (Å²) >= 11 is 0. The van der Waals surface area contributed by atoms with Gasteiger partial charge in [0, 0.05) is 12.3 Å². The van der Waals surface area contributed by atoms with Crippen LogP contribution in [-0.4, -0.2) is 25.2 Å². The van der Waals surface area contributed by atoms with Crippen LogP contribution in [-0.2, 0) is 14.6 Å². The molecular formula is C14H26O3S. The van der Waals surface area contributed by atoms with Crippen LogP contribution >= 0.6 is 0 Å². The molecule has 0 amide bonds. The van der Waals surface area contributed by atoms with Crippen molar-refractivity contribution in [3.63, 3.8) is 0 Å². The molecule has 2 atom stereocenters. The summed E-state index contributed by atoms with van der Waals surface area (Å²) in [7, 11) is -3.01. The fourth-order valence-corrected chi connectivity index (χ4v) is 3.66. The van der Waals surface area contributed by atoms with E-state index in [0.717, 1.165) is 12.8 Å². The van der Waals surface area contributed by atoms with E-state index in [1.807, 2.05) is 0 Å². The van der Waals surface area contributed by atoms with Gasteiger partial charge in [0.2, 0.25) is 0 Å². The molecule has 0 heterocycles. The zero-order valence-electron chi connectivity index (χ0n) is 12.0. The van der Waals surface area contributed by atoms with E-state index in [0.29, 0.717) is 24.7 Å². The molecule has 1 rings (SSSR count). The molecule has 1 aliphatic carbocycles. The molecule has 3 nitrogen and oxygen atoms in total. The van der Waals surface area contributed by atoms with E-state index in [1.165, 1.54) is 0 Å². The van der Waals surface area contributed by atoms with E-state index in [1.54, 1.807) is 13.8 Å². The summed E-state index contributed by atoms with van der Waals surface area (Å²) in [5.41, 5.74) is 0. The van der Waals surface area contributed by atoms with Gasteiger partial charge in [-0.15, -0.1) is 0 Å². The van der Waals surface area contributed by atoms with Crippen molar-refractivity contribution in [3.05, 3.63) is 0 Å². The van der Waals surface area contributed by atoms with Gasteiger partial charge in [-0.25, -0.2) is 8.42 Å². The van der Waals surface area contributed by atoms with Gasteiger partial charge >= 0.3 is 0 Å². The van der Waals surface area contributed by atoms with Gasteiger partial charge in [0.1, 0.15) is 5.78 Å². The summed E-state index contributed by atoms with van der Waals surface area (Å²) in [6.45, 7) is 7.77. The third kappa shape index (κ3) is 4.08. The second kappa shape index (κ2) is 6.18. The van der Waals surface area contributed by atoms with Gasteiger partial charge in [0.15, 0.2) is 9.84 Å². The predicted octanol–water partition coefficient (Wildman–Crippen LogP) is 2.84. The van der Waals surface area contributed by atoms with E-state index < -0.39 is 9.84 Å². The van der Waals surface area contributed by atoms with Crippen LogP contribution in [0.2, 0.25) is 0 Å². The molecule has 0 bridgehead atoms. The Balaban J connectivity index is 2.57. The zero-order valence-corrected chi connectivity index (χ0v) is 12.8. The van der Waals surface area contributed by atoms with Crippen molar-refractivity contribution in [2.24, 2.45) is 17.8 Å². The predicted molar refractivity (Wildman–Crippen MR) is 74.2 cm³/mol. The third-order valence-corrected chi connectivity index (χ3v) is 6.46. The second-order valence-corrected chi connectivity index (χ2v) is 8.82. The number of hydrogen-bond acceptors (Lipinski definition) is 3. The summed E-state index contributed by atoms with van der Waals surface area (Å²) in [6.07, 6.45) is 3.01. The van der Waals surface area contributed by atoms with E-state index in [2.05, 4.69) is 13.8 Å². The summed E-state index contributed by atoms with van der Waals surface area (Å²) in [6, 6.07) is 0. The van der Waals surface area contributed by atoms with Gasteiger partial charge in [-0.2, -0.15) is 0 Å². The molecule has 0 aromatic carbocycles. The number of carbonyl (C=O) groups is 1. The van der Waals surface area contributed by atoms with Crippen molar-refractivity contribution in [3.8, 4) is 0 Å². The van der Waals surface area contributed by atoms with Gasteiger partial charge in [-0.3, -0.25) is 4.79 Å². The van der Waals surface area contributed by atoms with Crippen molar-refractivity contribution in [1.82, 2.24) is 0 Å². The largest absolute Gasteiger partial charge is 0.299 e. The third-order valence-electron chi connectivity index (χ3n) is 4.22. The highest BCUT2D eigenvalue weighted by Gasteiger charge is 2.31. The number of carbonyl (C=O) groups excluding carboxylic acids is 1. The Morgan fingerprint density at radius 2 is 1.83 bits per heavy atom. The lowest BCUT2D eigenvalue weighted by Gasteiger charge is -2.30. The lowest BCUT2D eigenvalue weighted by atomic mass is 9.75. The van der Waals surface area contributed by atoms with Crippen LogP contribution in [0.25, 0.3) is 0 Å². The molecule has 106 valence electrons. The number of Topliss-reactive ketones (excluding diaryl/α,β-unsaturated/α-hetero) is 1. The number of hydrogen-bond donors (Lipinski definition) is 0. The Morgan fingerprint density at radius 1 is 1.22 bits per heavy atom. The van der Waals surface area contributed by atoms with Gasteiger partial charge < -0.3 is 0 Å². The van der Waals surface area contributed by atoms with Crippen LogP contribution in [0.4, 0.5) is 0 Å². The summed E-state index contributed by atoms with van der Waals surface area (Å²) in [4.78, 5) is 11.9. The van der Waals surface area contributed by atoms with Crippen LogP contribution in [0.3, 0.4) is 0 Å². The monoisotopic (exact) mass is 274 g/mol. The molecule has 2 unspecified atom stereocenters. The number of rotatable bonds is 5. The minimum Gasteiger partial charge on any atom is -0.299 e. The average molecular weight is 274 g/mol. The Bertz CT molecular complexity index is 382. The molecular weight excluding hydrogens is 248 g/mol. The van der Waals surface area contributed by atoms with Crippen molar-refractivity contribution in [1.29, 1.82) is 0 Å². The smallest absolute Gasteiger partial charge is 0.152 e. The highest BCUT2D eigenvalue weighted by atomic mass is 32.2. The normalized spacial score (nSPS) is 26.0. The molecule has 1 saturated carbocycles. The lowest BCUT2D eigenvalue weighted by molar-refractivity contribution is -0.126. The average Bonchev–Trinajstić information content (AvgIpc) is 2.27. The quantitative estimate of drug-likeness (QED) is 0.774. The molecule has 0 aromatic heterocycles. The highest BCUT2D eigenvalue weighted by Crippen LogP contribution is 2.33. The van der Waals surface area contributed by atoms with Crippen molar-refractivity contribution < 1.29 is 13.2 Å². The van der Waals surface area contributed by atoms with Gasteiger partial charge in [-0.05, 0) is 44.9 Å². The molecule has 0 radical (unpaired) electrons. The van der Waals surface area contributed by atoms with Gasteiger partial charge in [-0.1, -0.05) is 13.8 Å². The van der Waals surface area contributed by atoms with Gasteiger partial charge in [0.05, 0.1) is 11.0 Å². The van der Waals surface area contributed by atoms with Gasteiger partial charge in [0.25, 0.3) is 0 Å². The van der Waals surface area contributed by atoms with Crippen LogP contribution in [0.1, 0.15) is 53.4 Å². The minimum absolute atomic E-state index is 0.0281. The molecule has 0 N–H and O–H groups in total. The Morgan fingerprint density at radius 3 is 2.33 bits per heavy atom. The first-order valence-electron chi connectivity index (χ1n) is 6.98. The number of ketones is 1. The van der Waals surface area contributed by atoms with Crippen LogP contribution in [0.5, 0.6) is 0 Å². The first kappa shape index (κ1) is 15.7. The first-order valence-corrected chi connectivity index (χ1v) is 8.70. The van der Waals surface area contributed by atoms with E-state index in [4.69, 9.17) is 0 Å². The van der Waals surface area contributed by atoms with Crippen LogP contribution < -0.4 is 0 Å². The zero-order chi connectivity index (χ0) is 13.9. The van der Waals surface area contributed by atoms with E-state index >= 15 is 0 Å². The van der Waals surface area contributed by atoms with E-state index in [-0.39, 0.29) is 22.7 Å². The minimum atomic E-state index is -3.01. The fraction of sp³-hybridized carbons (Fsp3) is 0.929. The summed E-state index contributed by atoms with van der Waals surface area (Å²) in [5.74, 6) is 1.56. The first-order chi connectivity index (χ1) is 8.24. The Hall–Kier alpha value is -0.380. The molecule has 4 heteroatoms. The maximum atomic E-state index is 11.9. The molecule has 0 spiro atoms. The second-order valence-electron chi connectivity index (χ2n) is 6.15. The molecule has 0 aliphatic heterocycles. The summed E-state index contributed by atoms with van der Waals surface area (Å²) in [5, 5.41) is -0.336. The maximum Gasteiger partial charge on any atom is 0.152 e.